The van der Waals surface area contributed by atoms with Gasteiger partial charge in [-0.25, -0.2) is 0 Å². The van der Waals surface area contributed by atoms with E-state index < -0.39 is 17.8 Å². The van der Waals surface area contributed by atoms with Gasteiger partial charge in [-0.2, -0.15) is 13.2 Å². The smallest absolute Gasteiger partial charge is 0.416 e. The molecule has 0 saturated carbocycles. The number of aliphatic hydroxyl groups is 1. The molecule has 0 radical (unpaired) electrons. The summed E-state index contributed by atoms with van der Waals surface area (Å²) in [5, 5.41) is 19.2. The van der Waals surface area contributed by atoms with Gasteiger partial charge in [-0.05, 0) is 29.3 Å². The zero-order chi connectivity index (χ0) is 14.8. The van der Waals surface area contributed by atoms with E-state index >= 15 is 0 Å². The molecule has 0 aromatic heterocycles. The average Bonchev–Trinajstić information content (AvgIpc) is 2.40. The van der Waals surface area contributed by atoms with E-state index in [1.807, 2.05) is 0 Å². The molecule has 0 aliphatic rings. The van der Waals surface area contributed by atoms with Crippen LogP contribution in [0.25, 0.3) is 0 Å². The molecule has 0 aliphatic heterocycles. The number of aliphatic hydroxyl groups excluding tert-OH is 1. The quantitative estimate of drug-likeness (QED) is 0.901. The van der Waals surface area contributed by atoms with Gasteiger partial charge >= 0.3 is 6.18 Å². The summed E-state index contributed by atoms with van der Waals surface area (Å²) in [5.41, 5.74) is -0.327. The maximum Gasteiger partial charge on any atom is 0.416 e. The lowest BCUT2D eigenvalue weighted by atomic mass is 9.97. The zero-order valence-corrected chi connectivity index (χ0v) is 10.4. The van der Waals surface area contributed by atoms with Crippen molar-refractivity contribution < 1.29 is 23.4 Å². The molecular weight excluding hydrogens is 269 g/mol. The van der Waals surface area contributed by atoms with Crippen LogP contribution in [0.4, 0.5) is 13.2 Å². The molecule has 106 valence electrons. The van der Waals surface area contributed by atoms with Crippen molar-refractivity contribution in [3.8, 4) is 5.75 Å². The minimum absolute atomic E-state index is 0.0490. The van der Waals surface area contributed by atoms with E-state index in [1.54, 1.807) is 12.1 Å². The van der Waals surface area contributed by atoms with Gasteiger partial charge in [0.1, 0.15) is 5.75 Å². The number of alkyl halides is 3. The van der Waals surface area contributed by atoms with Crippen LogP contribution in [0.15, 0.2) is 48.5 Å². The summed E-state index contributed by atoms with van der Waals surface area (Å²) in [6.45, 7) is 0. The van der Waals surface area contributed by atoms with Crippen molar-refractivity contribution in [2.45, 2.75) is 18.7 Å². The van der Waals surface area contributed by atoms with Gasteiger partial charge < -0.3 is 10.2 Å². The molecule has 0 amide bonds. The fourth-order valence-corrected chi connectivity index (χ4v) is 2.01. The largest absolute Gasteiger partial charge is 0.508 e. The molecule has 0 bridgehead atoms. The Morgan fingerprint density at radius 1 is 0.950 bits per heavy atom. The number of phenols is 1. The van der Waals surface area contributed by atoms with Crippen molar-refractivity contribution in [3.63, 3.8) is 0 Å². The van der Waals surface area contributed by atoms with E-state index in [4.69, 9.17) is 5.11 Å². The van der Waals surface area contributed by atoms with Crippen LogP contribution in [-0.2, 0) is 12.6 Å². The van der Waals surface area contributed by atoms with Crippen LogP contribution in [0, 0.1) is 0 Å². The standard InChI is InChI=1S/C15H13F3O2/c16-15(17,18)13-4-2-1-3-12(13)14(20)9-10-5-7-11(19)8-6-10/h1-8,14,19-20H,9H2. The molecule has 5 heteroatoms. The highest BCUT2D eigenvalue weighted by Crippen LogP contribution is 2.35. The second kappa shape index (κ2) is 5.54. The predicted octanol–water partition coefficient (Wildman–Crippen LogP) is 3.69. The highest BCUT2D eigenvalue weighted by atomic mass is 19.4. The molecule has 1 atom stereocenters. The van der Waals surface area contributed by atoms with E-state index in [0.717, 1.165) is 6.07 Å². The predicted molar refractivity (Wildman–Crippen MR) is 68.2 cm³/mol. The fraction of sp³-hybridized carbons (Fsp3) is 0.200. The number of benzene rings is 2. The highest BCUT2D eigenvalue weighted by molar-refractivity contribution is 5.33. The van der Waals surface area contributed by atoms with Crippen molar-refractivity contribution >= 4 is 0 Å². The number of hydrogen-bond acceptors (Lipinski definition) is 2. The van der Waals surface area contributed by atoms with Gasteiger partial charge in [0.15, 0.2) is 0 Å². The monoisotopic (exact) mass is 282 g/mol. The summed E-state index contributed by atoms with van der Waals surface area (Å²) in [7, 11) is 0. The molecule has 20 heavy (non-hydrogen) atoms. The summed E-state index contributed by atoms with van der Waals surface area (Å²) in [5.74, 6) is 0.0685. The summed E-state index contributed by atoms with van der Waals surface area (Å²) >= 11 is 0. The van der Waals surface area contributed by atoms with Gasteiger partial charge in [-0.3, -0.25) is 0 Å². The topological polar surface area (TPSA) is 40.5 Å². The van der Waals surface area contributed by atoms with Crippen molar-refractivity contribution in [1.82, 2.24) is 0 Å². The molecule has 2 nitrogen and oxygen atoms in total. The molecule has 2 rings (SSSR count). The van der Waals surface area contributed by atoms with Crippen LogP contribution in [0.2, 0.25) is 0 Å². The Bertz CT molecular complexity index is 576. The van der Waals surface area contributed by atoms with Crippen molar-refractivity contribution in [3.05, 3.63) is 65.2 Å². The minimum atomic E-state index is -4.49. The maximum absolute atomic E-state index is 12.9. The summed E-state index contributed by atoms with van der Waals surface area (Å²) < 4.78 is 38.6. The molecule has 0 spiro atoms. The van der Waals surface area contributed by atoms with Crippen LogP contribution in [0.3, 0.4) is 0 Å². The Hall–Kier alpha value is -2.01. The van der Waals surface area contributed by atoms with E-state index in [0.29, 0.717) is 5.56 Å². The third-order valence-corrected chi connectivity index (χ3v) is 2.99. The molecule has 1 unspecified atom stereocenters. The molecular formula is C15H13F3O2. The van der Waals surface area contributed by atoms with E-state index in [2.05, 4.69) is 0 Å². The number of phenolic OH excluding ortho intramolecular Hbond substituents is 1. The summed E-state index contributed by atoms with van der Waals surface area (Å²) in [6.07, 6.45) is -5.70. The van der Waals surface area contributed by atoms with Crippen molar-refractivity contribution in [2.24, 2.45) is 0 Å². The first-order valence-electron chi connectivity index (χ1n) is 6.00. The van der Waals surface area contributed by atoms with Gasteiger partial charge in [-0.15, -0.1) is 0 Å². The average molecular weight is 282 g/mol. The van der Waals surface area contributed by atoms with Gasteiger partial charge in [-0.1, -0.05) is 30.3 Å². The Labute approximate surface area is 114 Å². The first kappa shape index (κ1) is 14.4. The molecule has 0 fully saturated rings. The third-order valence-electron chi connectivity index (χ3n) is 2.99. The second-order valence-electron chi connectivity index (χ2n) is 4.47. The molecule has 0 aliphatic carbocycles. The SMILES string of the molecule is Oc1ccc(CC(O)c2ccccc2C(F)(F)F)cc1. The first-order valence-corrected chi connectivity index (χ1v) is 6.00. The fourth-order valence-electron chi connectivity index (χ4n) is 2.01. The molecule has 2 aromatic carbocycles. The van der Waals surface area contributed by atoms with Gasteiger partial charge in [0.2, 0.25) is 0 Å². The number of rotatable bonds is 3. The molecule has 0 saturated heterocycles. The number of hydrogen-bond donors (Lipinski definition) is 2. The second-order valence-corrected chi connectivity index (χ2v) is 4.47. The third kappa shape index (κ3) is 3.30. The van der Waals surface area contributed by atoms with Crippen LogP contribution >= 0.6 is 0 Å². The molecule has 0 heterocycles. The van der Waals surface area contributed by atoms with Crippen LogP contribution in [-0.4, -0.2) is 10.2 Å². The lowest BCUT2D eigenvalue weighted by Crippen LogP contribution is -2.13. The molecule has 2 aromatic rings. The maximum atomic E-state index is 12.9. The lowest BCUT2D eigenvalue weighted by Gasteiger charge is -2.17. The first-order chi connectivity index (χ1) is 9.38. The Morgan fingerprint density at radius 2 is 1.55 bits per heavy atom. The van der Waals surface area contributed by atoms with Crippen LogP contribution < -0.4 is 0 Å². The Balaban J connectivity index is 2.25. The lowest BCUT2D eigenvalue weighted by molar-refractivity contribution is -0.139. The van der Waals surface area contributed by atoms with E-state index in [1.165, 1.54) is 30.3 Å². The number of aromatic hydroxyl groups is 1. The Morgan fingerprint density at radius 3 is 2.15 bits per heavy atom. The van der Waals surface area contributed by atoms with Gasteiger partial charge in [0.25, 0.3) is 0 Å². The van der Waals surface area contributed by atoms with Gasteiger partial charge in [0.05, 0.1) is 11.7 Å². The van der Waals surface area contributed by atoms with Crippen molar-refractivity contribution in [1.29, 1.82) is 0 Å². The minimum Gasteiger partial charge on any atom is -0.508 e. The van der Waals surface area contributed by atoms with Crippen LogP contribution in [0.5, 0.6) is 5.75 Å². The van der Waals surface area contributed by atoms with Gasteiger partial charge in [0, 0.05) is 6.42 Å². The van der Waals surface area contributed by atoms with E-state index in [-0.39, 0.29) is 17.7 Å². The van der Waals surface area contributed by atoms with E-state index in [9.17, 15) is 18.3 Å². The summed E-state index contributed by atoms with van der Waals surface area (Å²) in [6, 6.07) is 11.0. The normalized spacial score (nSPS) is 13.2. The molecule has 2 N–H and O–H groups in total. The Kier molecular flexibility index (Phi) is 3.99. The van der Waals surface area contributed by atoms with Crippen LogP contribution in [0.1, 0.15) is 22.8 Å². The zero-order valence-electron chi connectivity index (χ0n) is 10.4. The number of halogens is 3. The highest BCUT2D eigenvalue weighted by Gasteiger charge is 2.34. The summed E-state index contributed by atoms with van der Waals surface area (Å²) in [4.78, 5) is 0. The van der Waals surface area contributed by atoms with Crippen molar-refractivity contribution in [2.75, 3.05) is 0 Å².